The lowest BCUT2D eigenvalue weighted by Gasteiger charge is -2.43. The number of rotatable bonds is 5. The predicted octanol–water partition coefficient (Wildman–Crippen LogP) is 5.09. The standard InChI is InChI=1S/C28H36N2O2/c1-21-10-4-8-14-24(21)25-15-9-7-13-23(25)20-28(27(32)29(2)3)16-18-30(19-17-28)26(31)22-11-5-6-12-22/h4,7-10,13-15,22H,5-6,11-12,16-20H2,1-3H3. The average molecular weight is 433 g/mol. The molecule has 1 aliphatic carbocycles. The summed E-state index contributed by atoms with van der Waals surface area (Å²) in [7, 11) is 3.71. The van der Waals surface area contributed by atoms with Crippen LogP contribution in [0.15, 0.2) is 48.5 Å². The second-order valence-electron chi connectivity index (χ2n) is 9.94. The van der Waals surface area contributed by atoms with E-state index in [-0.39, 0.29) is 11.8 Å². The van der Waals surface area contributed by atoms with Gasteiger partial charge in [0.1, 0.15) is 0 Å². The fraction of sp³-hybridized carbons (Fsp3) is 0.500. The third kappa shape index (κ3) is 4.46. The van der Waals surface area contributed by atoms with E-state index in [1.807, 2.05) is 19.0 Å². The number of piperidine rings is 1. The first kappa shape index (κ1) is 22.6. The molecule has 170 valence electrons. The van der Waals surface area contributed by atoms with Crippen molar-refractivity contribution in [1.29, 1.82) is 0 Å². The molecule has 1 heterocycles. The van der Waals surface area contributed by atoms with Gasteiger partial charge >= 0.3 is 0 Å². The Labute approximate surface area is 192 Å². The number of likely N-dealkylation sites (tertiary alicyclic amines) is 1. The molecule has 0 atom stereocenters. The molecule has 1 aliphatic heterocycles. The minimum atomic E-state index is -0.464. The van der Waals surface area contributed by atoms with Crippen molar-refractivity contribution in [2.45, 2.75) is 51.9 Å². The van der Waals surface area contributed by atoms with Gasteiger partial charge in [-0.1, -0.05) is 61.4 Å². The fourth-order valence-electron chi connectivity index (χ4n) is 5.70. The summed E-state index contributed by atoms with van der Waals surface area (Å²) in [6.45, 7) is 3.50. The maximum atomic E-state index is 13.5. The van der Waals surface area contributed by atoms with Gasteiger partial charge in [-0.3, -0.25) is 9.59 Å². The molecule has 2 fully saturated rings. The smallest absolute Gasteiger partial charge is 0.228 e. The first-order valence-corrected chi connectivity index (χ1v) is 12.1. The van der Waals surface area contributed by atoms with Crippen LogP contribution in [0.25, 0.3) is 11.1 Å². The van der Waals surface area contributed by atoms with E-state index in [0.717, 1.165) is 25.7 Å². The van der Waals surface area contributed by atoms with Crippen LogP contribution in [0.2, 0.25) is 0 Å². The summed E-state index contributed by atoms with van der Waals surface area (Å²) in [5.74, 6) is 0.701. The largest absolute Gasteiger partial charge is 0.348 e. The monoisotopic (exact) mass is 432 g/mol. The normalized spacial score (nSPS) is 18.5. The van der Waals surface area contributed by atoms with Gasteiger partial charge < -0.3 is 9.80 Å². The van der Waals surface area contributed by atoms with E-state index < -0.39 is 5.41 Å². The van der Waals surface area contributed by atoms with E-state index in [1.165, 1.54) is 35.1 Å². The number of amides is 2. The van der Waals surface area contributed by atoms with Gasteiger partial charge in [0.15, 0.2) is 0 Å². The second-order valence-corrected chi connectivity index (χ2v) is 9.94. The average Bonchev–Trinajstić information content (AvgIpc) is 3.34. The third-order valence-electron chi connectivity index (χ3n) is 7.58. The summed E-state index contributed by atoms with van der Waals surface area (Å²) in [6, 6.07) is 16.9. The summed E-state index contributed by atoms with van der Waals surface area (Å²) < 4.78 is 0. The lowest BCUT2D eigenvalue weighted by atomic mass is 9.71. The summed E-state index contributed by atoms with van der Waals surface area (Å²) in [4.78, 5) is 30.2. The van der Waals surface area contributed by atoms with Gasteiger partial charge in [0.05, 0.1) is 5.41 Å². The molecule has 2 aromatic carbocycles. The van der Waals surface area contributed by atoms with Crippen molar-refractivity contribution >= 4 is 11.8 Å². The van der Waals surface area contributed by atoms with Crippen molar-refractivity contribution in [2.24, 2.45) is 11.3 Å². The van der Waals surface area contributed by atoms with Crippen LogP contribution in [0.5, 0.6) is 0 Å². The molecular weight excluding hydrogens is 396 g/mol. The summed E-state index contributed by atoms with van der Waals surface area (Å²) in [5.41, 5.74) is 4.43. The minimum Gasteiger partial charge on any atom is -0.348 e. The van der Waals surface area contributed by atoms with Gasteiger partial charge in [-0.15, -0.1) is 0 Å². The summed E-state index contributed by atoms with van der Waals surface area (Å²) in [6.07, 6.45) is 6.56. The van der Waals surface area contributed by atoms with Crippen LogP contribution in [0.4, 0.5) is 0 Å². The Morgan fingerprint density at radius 3 is 2.16 bits per heavy atom. The first-order chi connectivity index (χ1) is 15.4. The SMILES string of the molecule is Cc1ccccc1-c1ccccc1CC1(C(=O)N(C)C)CCN(C(=O)C2CCCC2)CC1. The van der Waals surface area contributed by atoms with Crippen LogP contribution in [0.3, 0.4) is 0 Å². The van der Waals surface area contributed by atoms with Crippen molar-refractivity contribution < 1.29 is 9.59 Å². The van der Waals surface area contributed by atoms with Crippen LogP contribution in [0.1, 0.15) is 49.7 Å². The number of carbonyl (C=O) groups is 2. The third-order valence-corrected chi connectivity index (χ3v) is 7.58. The minimum absolute atomic E-state index is 0.185. The molecule has 0 N–H and O–H groups in total. The fourth-order valence-corrected chi connectivity index (χ4v) is 5.70. The van der Waals surface area contributed by atoms with E-state index in [2.05, 4.69) is 55.5 Å². The lowest BCUT2D eigenvalue weighted by Crippen LogP contribution is -2.51. The Morgan fingerprint density at radius 1 is 0.938 bits per heavy atom. The Balaban J connectivity index is 1.60. The lowest BCUT2D eigenvalue weighted by molar-refractivity contribution is -0.147. The molecule has 4 rings (SSSR count). The highest BCUT2D eigenvalue weighted by atomic mass is 16.2. The number of benzene rings is 2. The Morgan fingerprint density at radius 2 is 1.53 bits per heavy atom. The van der Waals surface area contributed by atoms with Crippen LogP contribution in [-0.2, 0) is 16.0 Å². The molecule has 0 radical (unpaired) electrons. The highest BCUT2D eigenvalue weighted by Crippen LogP contribution is 2.40. The molecule has 0 bridgehead atoms. The van der Waals surface area contributed by atoms with E-state index in [9.17, 15) is 9.59 Å². The molecule has 1 saturated carbocycles. The highest BCUT2D eigenvalue weighted by molar-refractivity contribution is 5.84. The van der Waals surface area contributed by atoms with E-state index >= 15 is 0 Å². The topological polar surface area (TPSA) is 40.6 Å². The second kappa shape index (κ2) is 9.48. The number of carbonyl (C=O) groups excluding carboxylic acids is 2. The number of aryl methyl sites for hydroxylation is 1. The molecule has 4 nitrogen and oxygen atoms in total. The van der Waals surface area contributed by atoms with E-state index in [0.29, 0.717) is 25.4 Å². The Kier molecular flexibility index (Phi) is 6.68. The van der Waals surface area contributed by atoms with Crippen LogP contribution >= 0.6 is 0 Å². The molecule has 0 unspecified atom stereocenters. The molecule has 4 heteroatoms. The van der Waals surface area contributed by atoms with E-state index in [4.69, 9.17) is 0 Å². The van der Waals surface area contributed by atoms with Crippen molar-refractivity contribution in [3.8, 4) is 11.1 Å². The van der Waals surface area contributed by atoms with Crippen molar-refractivity contribution in [1.82, 2.24) is 9.80 Å². The number of nitrogens with zero attached hydrogens (tertiary/aromatic N) is 2. The van der Waals surface area contributed by atoms with Crippen molar-refractivity contribution in [3.05, 3.63) is 59.7 Å². The highest BCUT2D eigenvalue weighted by Gasteiger charge is 2.44. The maximum Gasteiger partial charge on any atom is 0.228 e. The summed E-state index contributed by atoms with van der Waals surface area (Å²) >= 11 is 0. The molecular formula is C28H36N2O2. The van der Waals surface area contributed by atoms with Gasteiger partial charge in [-0.25, -0.2) is 0 Å². The zero-order chi connectivity index (χ0) is 22.7. The molecule has 0 aromatic heterocycles. The quantitative estimate of drug-likeness (QED) is 0.660. The summed E-state index contributed by atoms with van der Waals surface area (Å²) in [5, 5.41) is 0. The molecule has 32 heavy (non-hydrogen) atoms. The first-order valence-electron chi connectivity index (χ1n) is 12.1. The number of hydrogen-bond donors (Lipinski definition) is 0. The number of hydrogen-bond acceptors (Lipinski definition) is 2. The molecule has 2 aromatic rings. The van der Waals surface area contributed by atoms with Crippen LogP contribution < -0.4 is 0 Å². The maximum absolute atomic E-state index is 13.5. The van der Waals surface area contributed by atoms with Gasteiger partial charge in [0.2, 0.25) is 11.8 Å². The zero-order valence-corrected chi connectivity index (χ0v) is 19.8. The molecule has 2 amide bonds. The molecule has 2 aliphatic rings. The predicted molar refractivity (Wildman–Crippen MR) is 129 cm³/mol. The van der Waals surface area contributed by atoms with Gasteiger partial charge in [-0.05, 0) is 61.3 Å². The van der Waals surface area contributed by atoms with E-state index in [1.54, 1.807) is 4.90 Å². The van der Waals surface area contributed by atoms with Crippen molar-refractivity contribution in [3.63, 3.8) is 0 Å². The molecule has 1 saturated heterocycles. The van der Waals surface area contributed by atoms with Crippen molar-refractivity contribution in [2.75, 3.05) is 27.2 Å². The zero-order valence-electron chi connectivity index (χ0n) is 19.8. The Bertz CT molecular complexity index is 967. The Hall–Kier alpha value is -2.62. The van der Waals surface area contributed by atoms with Gasteiger partial charge in [0.25, 0.3) is 0 Å². The van der Waals surface area contributed by atoms with Gasteiger partial charge in [-0.2, -0.15) is 0 Å². The van der Waals surface area contributed by atoms with Crippen LogP contribution in [0, 0.1) is 18.3 Å². The van der Waals surface area contributed by atoms with Gasteiger partial charge in [0, 0.05) is 33.1 Å². The van der Waals surface area contributed by atoms with Crippen LogP contribution in [-0.4, -0.2) is 48.8 Å². The molecule has 0 spiro atoms.